The first-order valence-electron chi connectivity index (χ1n) is 35.1. The maximum absolute atomic E-state index is 13.0. The van der Waals surface area contributed by atoms with Crippen molar-refractivity contribution >= 4 is 39.5 Å². The zero-order valence-corrected chi connectivity index (χ0v) is 57.2. The molecule has 0 aromatic heterocycles. The van der Waals surface area contributed by atoms with Crippen LogP contribution in [-0.2, 0) is 65.4 Å². The van der Waals surface area contributed by atoms with E-state index in [4.69, 9.17) is 37.0 Å². The summed E-state index contributed by atoms with van der Waals surface area (Å²) < 4.78 is 67.9. The highest BCUT2D eigenvalue weighted by Gasteiger charge is 2.30. The van der Waals surface area contributed by atoms with Gasteiger partial charge in [0.15, 0.2) is 12.2 Å². The number of ether oxygens (including phenoxy) is 4. The van der Waals surface area contributed by atoms with Gasteiger partial charge in [-0.1, -0.05) is 291 Å². The van der Waals surface area contributed by atoms with Crippen LogP contribution in [0.5, 0.6) is 0 Å². The van der Waals surface area contributed by atoms with Crippen LogP contribution < -0.4 is 0 Å². The minimum Gasteiger partial charge on any atom is -0.462 e. The number of carbonyl (C=O) groups excluding carboxylic acids is 4. The molecular weight excluding hydrogens is 1140 g/mol. The molecule has 17 nitrogen and oxygen atoms in total. The number of hydrogen-bond donors (Lipinski definition) is 3. The summed E-state index contributed by atoms with van der Waals surface area (Å²) in [5.41, 5.74) is 0. The second-order valence-corrected chi connectivity index (χ2v) is 27.6. The molecule has 0 radical (unpaired) electrons. The van der Waals surface area contributed by atoms with Crippen molar-refractivity contribution in [1.29, 1.82) is 0 Å². The van der Waals surface area contributed by atoms with Crippen LogP contribution in [0.15, 0.2) is 0 Å². The normalized spacial score (nSPS) is 14.2. The fraction of sp³-hybridized carbons (Fsp3) is 0.940. The van der Waals surface area contributed by atoms with Gasteiger partial charge in [-0.3, -0.25) is 37.3 Å². The molecule has 0 aliphatic rings. The van der Waals surface area contributed by atoms with E-state index >= 15 is 0 Å². The minimum atomic E-state index is -4.95. The molecule has 19 heteroatoms. The number of carbonyl (C=O) groups is 4. The predicted octanol–water partition coefficient (Wildman–Crippen LogP) is 19.0. The van der Waals surface area contributed by atoms with E-state index in [1.165, 1.54) is 161 Å². The van der Waals surface area contributed by atoms with Crippen LogP contribution in [0.4, 0.5) is 0 Å². The first-order valence-corrected chi connectivity index (χ1v) is 38.1. The Kier molecular flexibility index (Phi) is 59.2. The molecule has 3 N–H and O–H groups in total. The predicted molar refractivity (Wildman–Crippen MR) is 345 cm³/mol. The van der Waals surface area contributed by atoms with Crippen molar-refractivity contribution in [2.75, 3.05) is 39.6 Å². The Morgan fingerprint density at radius 2 is 0.535 bits per heavy atom. The van der Waals surface area contributed by atoms with E-state index in [-0.39, 0.29) is 25.7 Å². The topological polar surface area (TPSA) is 237 Å². The number of unbranched alkanes of at least 4 members (excludes halogenated alkanes) is 39. The molecule has 5 atom stereocenters. The largest absolute Gasteiger partial charge is 0.472 e. The maximum atomic E-state index is 13.0. The third-order valence-electron chi connectivity index (χ3n) is 15.5. The van der Waals surface area contributed by atoms with E-state index in [0.29, 0.717) is 25.7 Å². The number of esters is 4. The van der Waals surface area contributed by atoms with E-state index in [0.717, 1.165) is 102 Å². The van der Waals surface area contributed by atoms with E-state index in [1.807, 2.05) is 0 Å². The Morgan fingerprint density at radius 3 is 0.791 bits per heavy atom. The zero-order valence-electron chi connectivity index (χ0n) is 55.4. The summed E-state index contributed by atoms with van der Waals surface area (Å²) in [4.78, 5) is 72.1. The minimum absolute atomic E-state index is 0.106. The number of phosphoric ester groups is 2. The fourth-order valence-electron chi connectivity index (χ4n) is 10.1. The summed E-state index contributed by atoms with van der Waals surface area (Å²) in [5, 5.41) is 10.5. The third kappa shape index (κ3) is 60.9. The van der Waals surface area contributed by atoms with Crippen LogP contribution in [0.2, 0.25) is 0 Å². The van der Waals surface area contributed by atoms with Crippen molar-refractivity contribution < 1.29 is 80.2 Å². The third-order valence-corrected chi connectivity index (χ3v) is 17.4. The highest BCUT2D eigenvalue weighted by Crippen LogP contribution is 2.45. The molecule has 0 aromatic rings. The molecule has 0 aliphatic carbocycles. The van der Waals surface area contributed by atoms with Gasteiger partial charge in [0.25, 0.3) is 0 Å². The summed E-state index contributed by atoms with van der Waals surface area (Å²) in [6.45, 7) is 7.10. The lowest BCUT2D eigenvalue weighted by Crippen LogP contribution is -2.30. The number of hydrogen-bond acceptors (Lipinski definition) is 15. The van der Waals surface area contributed by atoms with E-state index in [2.05, 4.69) is 34.6 Å². The molecule has 510 valence electrons. The second-order valence-electron chi connectivity index (χ2n) is 24.7. The van der Waals surface area contributed by atoms with Gasteiger partial charge in [0.2, 0.25) is 0 Å². The lowest BCUT2D eigenvalue weighted by molar-refractivity contribution is -0.161. The van der Waals surface area contributed by atoms with Crippen molar-refractivity contribution in [3.63, 3.8) is 0 Å². The van der Waals surface area contributed by atoms with Gasteiger partial charge in [-0.2, -0.15) is 0 Å². The molecule has 0 aliphatic heterocycles. The number of aliphatic hydroxyl groups is 1. The molecular formula is C67H130O17P2. The van der Waals surface area contributed by atoms with Gasteiger partial charge in [-0.15, -0.1) is 0 Å². The maximum Gasteiger partial charge on any atom is 0.472 e. The highest BCUT2D eigenvalue weighted by atomic mass is 31.2. The van der Waals surface area contributed by atoms with Crippen molar-refractivity contribution in [2.45, 2.75) is 361 Å². The van der Waals surface area contributed by atoms with Gasteiger partial charge < -0.3 is 33.8 Å². The molecule has 0 rings (SSSR count). The molecule has 0 saturated heterocycles. The van der Waals surface area contributed by atoms with Gasteiger partial charge in [0, 0.05) is 25.7 Å². The standard InChI is InChI=1S/C67H130O17P2/c1-6-9-12-15-17-19-21-22-23-24-25-26-27-28-30-32-38-43-48-53-67(72)84-63(57-78-65(70)51-46-41-36-34-33-35-40-44-49-60(4)5)59-82-86(75,76)80-55-61(68)54-79-85(73,74)81-58-62(56-77-64(69)50-45-39-14-11-8-3)83-66(71)52-47-42-37-31-29-20-18-16-13-10-7-2/h60-63,68H,6-59H2,1-5H3,(H,73,74)(H,75,76)/t61-,62+,63+/m0/s1. The number of aliphatic hydroxyl groups excluding tert-OH is 1. The van der Waals surface area contributed by atoms with Crippen LogP contribution in [0.25, 0.3) is 0 Å². The molecule has 0 heterocycles. The Hall–Kier alpha value is -1.94. The molecule has 2 unspecified atom stereocenters. The summed E-state index contributed by atoms with van der Waals surface area (Å²) in [6.07, 6.45) is 46.3. The fourth-order valence-corrected chi connectivity index (χ4v) is 11.7. The smallest absolute Gasteiger partial charge is 0.462 e. The van der Waals surface area contributed by atoms with Gasteiger partial charge in [0.05, 0.1) is 26.4 Å². The molecule has 0 spiro atoms. The van der Waals surface area contributed by atoms with Crippen molar-refractivity contribution in [3.8, 4) is 0 Å². The highest BCUT2D eigenvalue weighted by molar-refractivity contribution is 7.47. The first kappa shape index (κ1) is 84.1. The van der Waals surface area contributed by atoms with Crippen LogP contribution >= 0.6 is 15.6 Å². The summed E-state index contributed by atoms with van der Waals surface area (Å²) in [5.74, 6) is -1.41. The zero-order chi connectivity index (χ0) is 63.5. The Balaban J connectivity index is 5.12. The summed E-state index contributed by atoms with van der Waals surface area (Å²) in [6, 6.07) is 0. The van der Waals surface area contributed by atoms with Crippen LogP contribution in [0.1, 0.15) is 343 Å². The average Bonchev–Trinajstić information content (AvgIpc) is 3.61. The number of rotatable bonds is 67. The Bertz CT molecular complexity index is 1670. The average molecular weight is 1270 g/mol. The second kappa shape index (κ2) is 60.6. The van der Waals surface area contributed by atoms with Gasteiger partial charge in [-0.05, 0) is 31.6 Å². The van der Waals surface area contributed by atoms with Crippen molar-refractivity contribution in [1.82, 2.24) is 0 Å². The van der Waals surface area contributed by atoms with Crippen LogP contribution in [0, 0.1) is 5.92 Å². The molecule has 0 fully saturated rings. The van der Waals surface area contributed by atoms with E-state index in [1.54, 1.807) is 0 Å². The number of phosphoric acid groups is 2. The quantitative estimate of drug-likeness (QED) is 0.0222. The monoisotopic (exact) mass is 1270 g/mol. The molecule has 0 amide bonds. The van der Waals surface area contributed by atoms with Gasteiger partial charge in [-0.25, -0.2) is 9.13 Å². The van der Waals surface area contributed by atoms with Gasteiger partial charge >= 0.3 is 39.5 Å². The van der Waals surface area contributed by atoms with Gasteiger partial charge in [0.1, 0.15) is 19.3 Å². The Morgan fingerprint density at radius 1 is 0.314 bits per heavy atom. The Labute approximate surface area is 524 Å². The summed E-state index contributed by atoms with van der Waals surface area (Å²) >= 11 is 0. The molecule has 0 saturated carbocycles. The van der Waals surface area contributed by atoms with Crippen molar-refractivity contribution in [3.05, 3.63) is 0 Å². The first-order chi connectivity index (χ1) is 41.5. The van der Waals surface area contributed by atoms with Crippen LogP contribution in [-0.4, -0.2) is 96.7 Å². The van der Waals surface area contributed by atoms with Crippen molar-refractivity contribution in [2.24, 2.45) is 5.92 Å². The lowest BCUT2D eigenvalue weighted by atomic mass is 10.0. The van der Waals surface area contributed by atoms with Crippen LogP contribution in [0.3, 0.4) is 0 Å². The van der Waals surface area contributed by atoms with E-state index < -0.39 is 97.5 Å². The molecule has 86 heavy (non-hydrogen) atoms. The molecule has 0 aromatic carbocycles. The SMILES string of the molecule is CCCCCCCCCCCCCCCCCCCCCC(=O)O[C@H](COC(=O)CCCCCCCCCCC(C)C)COP(=O)(O)OC[C@@H](O)COP(=O)(O)OC[C@@H](COC(=O)CCCCCCC)OC(=O)CCCCCCCCCCCCC. The van der Waals surface area contributed by atoms with E-state index in [9.17, 15) is 43.2 Å². The lowest BCUT2D eigenvalue weighted by Gasteiger charge is -2.21. The molecule has 0 bridgehead atoms. The summed E-state index contributed by atoms with van der Waals surface area (Å²) in [7, 11) is -9.88.